The number of anilines is 2. The molecule has 0 unspecified atom stereocenters. The van der Waals surface area contributed by atoms with Gasteiger partial charge in [-0.25, -0.2) is 4.90 Å². The lowest BCUT2D eigenvalue weighted by Gasteiger charge is -2.20. The summed E-state index contributed by atoms with van der Waals surface area (Å²) in [6, 6.07) is 13.3. The standard InChI is InChI=1S/C20H22N2O2/c1-4-15-8-10-16(11-9-15)21-17-12-18(23)22(20(17)24)19-13(2)6-5-7-14(19)3/h5-11,17,21H,4,12H2,1-3H3/t17-/m0/s1. The first-order valence-electron chi connectivity index (χ1n) is 8.29. The fraction of sp³-hybridized carbons (Fsp3) is 0.300. The Morgan fingerprint density at radius 3 is 2.25 bits per heavy atom. The Labute approximate surface area is 142 Å². The van der Waals surface area contributed by atoms with Crippen LogP contribution in [0.15, 0.2) is 42.5 Å². The van der Waals surface area contributed by atoms with Crippen molar-refractivity contribution >= 4 is 23.2 Å². The normalized spacial score (nSPS) is 17.5. The van der Waals surface area contributed by atoms with Gasteiger partial charge in [0.05, 0.1) is 12.1 Å². The van der Waals surface area contributed by atoms with Crippen LogP contribution in [-0.4, -0.2) is 17.9 Å². The summed E-state index contributed by atoms with van der Waals surface area (Å²) in [5.74, 6) is -0.336. The van der Waals surface area contributed by atoms with Crippen molar-refractivity contribution in [1.29, 1.82) is 0 Å². The number of benzene rings is 2. The molecule has 1 aliphatic rings. The largest absolute Gasteiger partial charge is 0.373 e. The van der Waals surface area contributed by atoms with Crippen molar-refractivity contribution in [2.75, 3.05) is 10.2 Å². The fourth-order valence-electron chi connectivity index (χ4n) is 3.18. The number of nitrogens with one attached hydrogen (secondary N) is 1. The van der Waals surface area contributed by atoms with Gasteiger partial charge >= 0.3 is 0 Å². The SMILES string of the molecule is CCc1ccc(N[C@H]2CC(=O)N(c3c(C)cccc3C)C2=O)cc1. The minimum Gasteiger partial charge on any atom is -0.373 e. The molecule has 24 heavy (non-hydrogen) atoms. The molecule has 1 aliphatic heterocycles. The van der Waals surface area contributed by atoms with Crippen LogP contribution in [-0.2, 0) is 16.0 Å². The van der Waals surface area contributed by atoms with Gasteiger partial charge in [-0.05, 0) is 49.1 Å². The van der Waals surface area contributed by atoms with Crippen molar-refractivity contribution < 1.29 is 9.59 Å². The fourth-order valence-corrected chi connectivity index (χ4v) is 3.18. The molecule has 1 atom stereocenters. The zero-order valence-corrected chi connectivity index (χ0v) is 14.3. The lowest BCUT2D eigenvalue weighted by Crippen LogP contribution is -2.35. The number of hydrogen-bond donors (Lipinski definition) is 1. The number of nitrogens with zero attached hydrogens (tertiary/aromatic N) is 1. The zero-order chi connectivity index (χ0) is 17.3. The van der Waals surface area contributed by atoms with E-state index in [4.69, 9.17) is 0 Å². The van der Waals surface area contributed by atoms with E-state index in [1.165, 1.54) is 10.5 Å². The van der Waals surface area contributed by atoms with Gasteiger partial charge < -0.3 is 5.32 Å². The van der Waals surface area contributed by atoms with Crippen molar-refractivity contribution in [3.63, 3.8) is 0 Å². The molecule has 1 heterocycles. The van der Waals surface area contributed by atoms with E-state index in [2.05, 4.69) is 12.2 Å². The van der Waals surface area contributed by atoms with Crippen LogP contribution in [0.2, 0.25) is 0 Å². The number of carbonyl (C=O) groups is 2. The third-order valence-corrected chi connectivity index (χ3v) is 4.51. The van der Waals surface area contributed by atoms with Crippen molar-refractivity contribution in [3.8, 4) is 0 Å². The summed E-state index contributed by atoms with van der Waals surface area (Å²) < 4.78 is 0. The first-order valence-corrected chi connectivity index (χ1v) is 8.29. The molecule has 0 aromatic heterocycles. The van der Waals surface area contributed by atoms with Gasteiger partial charge in [-0.1, -0.05) is 37.3 Å². The van der Waals surface area contributed by atoms with Crippen molar-refractivity contribution in [2.24, 2.45) is 0 Å². The highest BCUT2D eigenvalue weighted by molar-refractivity contribution is 6.23. The summed E-state index contributed by atoms with van der Waals surface area (Å²) in [7, 11) is 0. The van der Waals surface area contributed by atoms with Gasteiger partial charge in [0.15, 0.2) is 0 Å². The van der Waals surface area contributed by atoms with Gasteiger partial charge in [0.1, 0.15) is 6.04 Å². The van der Waals surface area contributed by atoms with E-state index in [0.29, 0.717) is 0 Å². The average molecular weight is 322 g/mol. The van der Waals surface area contributed by atoms with E-state index < -0.39 is 6.04 Å². The Morgan fingerprint density at radius 2 is 1.67 bits per heavy atom. The molecule has 3 rings (SSSR count). The molecule has 4 nitrogen and oxygen atoms in total. The lowest BCUT2D eigenvalue weighted by atomic mass is 10.1. The summed E-state index contributed by atoms with van der Waals surface area (Å²) in [5, 5.41) is 3.20. The van der Waals surface area contributed by atoms with Crippen LogP contribution in [0.5, 0.6) is 0 Å². The molecule has 0 aliphatic carbocycles. The molecular weight excluding hydrogens is 300 g/mol. The second kappa shape index (κ2) is 6.48. The number of rotatable bonds is 4. The Balaban J connectivity index is 1.83. The molecule has 0 spiro atoms. The van der Waals surface area contributed by atoms with Gasteiger partial charge in [0.2, 0.25) is 5.91 Å². The maximum atomic E-state index is 12.8. The van der Waals surface area contributed by atoms with E-state index in [-0.39, 0.29) is 18.2 Å². The number of hydrogen-bond acceptors (Lipinski definition) is 3. The second-order valence-electron chi connectivity index (χ2n) is 6.26. The van der Waals surface area contributed by atoms with Crippen LogP contribution in [0.25, 0.3) is 0 Å². The summed E-state index contributed by atoms with van der Waals surface area (Å²) in [5.41, 5.74) is 4.70. The van der Waals surface area contributed by atoms with Gasteiger partial charge in [-0.15, -0.1) is 0 Å². The number of amides is 2. The number of aryl methyl sites for hydroxylation is 3. The smallest absolute Gasteiger partial charge is 0.256 e. The van der Waals surface area contributed by atoms with Crippen molar-refractivity contribution in [1.82, 2.24) is 0 Å². The highest BCUT2D eigenvalue weighted by Crippen LogP contribution is 2.30. The van der Waals surface area contributed by atoms with E-state index in [9.17, 15) is 9.59 Å². The average Bonchev–Trinajstić information content (AvgIpc) is 2.83. The predicted molar refractivity (Wildman–Crippen MR) is 96.3 cm³/mol. The third kappa shape index (κ3) is 2.92. The second-order valence-corrected chi connectivity index (χ2v) is 6.26. The Hall–Kier alpha value is -2.62. The molecule has 2 aromatic rings. The molecule has 2 amide bonds. The Bertz CT molecular complexity index is 760. The van der Waals surface area contributed by atoms with E-state index >= 15 is 0 Å². The van der Waals surface area contributed by atoms with E-state index in [0.717, 1.165) is 28.9 Å². The third-order valence-electron chi connectivity index (χ3n) is 4.51. The number of carbonyl (C=O) groups excluding carboxylic acids is 2. The Morgan fingerprint density at radius 1 is 1.04 bits per heavy atom. The topological polar surface area (TPSA) is 49.4 Å². The maximum Gasteiger partial charge on any atom is 0.256 e. The summed E-state index contributed by atoms with van der Waals surface area (Å²) in [4.78, 5) is 26.6. The quantitative estimate of drug-likeness (QED) is 0.875. The molecule has 0 bridgehead atoms. The first kappa shape index (κ1) is 16.2. The number of imide groups is 1. The van der Waals surface area contributed by atoms with Crippen LogP contribution in [0.3, 0.4) is 0 Å². The van der Waals surface area contributed by atoms with E-state index in [1.54, 1.807) is 0 Å². The molecule has 0 radical (unpaired) electrons. The highest BCUT2D eigenvalue weighted by atomic mass is 16.2. The van der Waals surface area contributed by atoms with Crippen molar-refractivity contribution in [2.45, 2.75) is 39.7 Å². The van der Waals surface area contributed by atoms with Crippen LogP contribution in [0, 0.1) is 13.8 Å². The van der Waals surface area contributed by atoms with Crippen LogP contribution < -0.4 is 10.2 Å². The van der Waals surface area contributed by atoms with Crippen molar-refractivity contribution in [3.05, 3.63) is 59.2 Å². The van der Waals surface area contributed by atoms with Crippen LogP contribution >= 0.6 is 0 Å². The minimum absolute atomic E-state index is 0.153. The highest BCUT2D eigenvalue weighted by Gasteiger charge is 2.40. The molecule has 1 fully saturated rings. The van der Waals surface area contributed by atoms with Gasteiger partial charge in [0, 0.05) is 5.69 Å². The van der Waals surface area contributed by atoms with Crippen LogP contribution in [0.4, 0.5) is 11.4 Å². The van der Waals surface area contributed by atoms with Crippen LogP contribution in [0.1, 0.15) is 30.0 Å². The van der Waals surface area contributed by atoms with E-state index in [1.807, 2.05) is 56.3 Å². The molecule has 1 saturated heterocycles. The zero-order valence-electron chi connectivity index (χ0n) is 14.3. The molecule has 1 N–H and O–H groups in total. The molecule has 4 heteroatoms. The predicted octanol–water partition coefficient (Wildman–Crippen LogP) is 3.61. The first-order chi connectivity index (χ1) is 11.5. The number of para-hydroxylation sites is 1. The minimum atomic E-state index is -0.510. The summed E-state index contributed by atoms with van der Waals surface area (Å²) in [6.45, 7) is 5.95. The molecule has 124 valence electrons. The summed E-state index contributed by atoms with van der Waals surface area (Å²) >= 11 is 0. The molecule has 0 saturated carbocycles. The lowest BCUT2D eigenvalue weighted by molar-refractivity contribution is -0.121. The Kier molecular flexibility index (Phi) is 4.38. The maximum absolute atomic E-state index is 12.8. The summed E-state index contributed by atoms with van der Waals surface area (Å²) in [6.07, 6.45) is 1.16. The van der Waals surface area contributed by atoms with Gasteiger partial charge in [-0.2, -0.15) is 0 Å². The van der Waals surface area contributed by atoms with Gasteiger partial charge in [0.25, 0.3) is 5.91 Å². The molecule has 2 aromatic carbocycles. The van der Waals surface area contributed by atoms with Gasteiger partial charge in [-0.3, -0.25) is 9.59 Å². The monoisotopic (exact) mass is 322 g/mol. The molecular formula is C20H22N2O2.